The predicted octanol–water partition coefficient (Wildman–Crippen LogP) is 2.96. The summed E-state index contributed by atoms with van der Waals surface area (Å²) >= 11 is 1.22. The molecule has 0 radical (unpaired) electrons. The molecule has 1 aromatic carbocycles. The predicted molar refractivity (Wildman–Crippen MR) is 102 cm³/mol. The number of nitrogen functional groups attached to an aromatic ring is 1. The van der Waals surface area contributed by atoms with Crippen LogP contribution in [0.3, 0.4) is 0 Å². The summed E-state index contributed by atoms with van der Waals surface area (Å²) in [7, 11) is -2.26. The summed E-state index contributed by atoms with van der Waals surface area (Å²) in [5.74, 6) is 0.355. The zero-order valence-electron chi connectivity index (χ0n) is 15.0. The smallest absolute Gasteiger partial charge is 0.247 e. The third-order valence-corrected chi connectivity index (χ3v) is 7.32. The fourth-order valence-corrected chi connectivity index (χ4v) is 5.93. The number of aromatic nitrogens is 2. The molecule has 0 amide bonds. The maximum atomic E-state index is 13.5. The van der Waals surface area contributed by atoms with Crippen molar-refractivity contribution in [2.24, 2.45) is 0 Å². The van der Waals surface area contributed by atoms with Crippen LogP contribution in [0.1, 0.15) is 42.7 Å². The Labute approximate surface area is 158 Å². The lowest BCUT2D eigenvalue weighted by molar-refractivity contribution is 0.246. The van der Waals surface area contributed by atoms with Gasteiger partial charge in [-0.05, 0) is 37.5 Å². The number of rotatable bonds is 6. The van der Waals surface area contributed by atoms with E-state index in [9.17, 15) is 8.42 Å². The molecule has 1 heterocycles. The van der Waals surface area contributed by atoms with Crippen LogP contribution in [0.15, 0.2) is 23.1 Å². The van der Waals surface area contributed by atoms with Gasteiger partial charge in [-0.1, -0.05) is 36.7 Å². The van der Waals surface area contributed by atoms with Gasteiger partial charge in [0.1, 0.15) is 15.7 Å². The number of hydrogen-bond donors (Lipinski definition) is 1. The van der Waals surface area contributed by atoms with Gasteiger partial charge in [-0.3, -0.25) is 0 Å². The quantitative estimate of drug-likeness (QED) is 0.806. The van der Waals surface area contributed by atoms with Crippen molar-refractivity contribution in [3.63, 3.8) is 0 Å². The highest BCUT2D eigenvalue weighted by Crippen LogP contribution is 2.34. The van der Waals surface area contributed by atoms with Crippen molar-refractivity contribution < 1.29 is 13.2 Å². The second-order valence-electron chi connectivity index (χ2n) is 6.53. The number of sulfonamides is 1. The summed E-state index contributed by atoms with van der Waals surface area (Å²) in [5, 5.41) is 8.78. The molecule has 142 valence electrons. The molecule has 9 heteroatoms. The Morgan fingerprint density at radius 3 is 2.62 bits per heavy atom. The minimum absolute atomic E-state index is 0.0518. The van der Waals surface area contributed by atoms with Crippen LogP contribution in [0.2, 0.25) is 0 Å². The highest BCUT2D eigenvalue weighted by Gasteiger charge is 2.35. The van der Waals surface area contributed by atoms with Crippen LogP contribution >= 0.6 is 11.3 Å². The molecule has 3 rings (SSSR count). The van der Waals surface area contributed by atoms with Crippen molar-refractivity contribution >= 4 is 26.5 Å². The molecule has 1 saturated carbocycles. The van der Waals surface area contributed by atoms with E-state index in [0.717, 1.165) is 37.7 Å². The standard InChI is InChI=1S/C17H24N4O3S2/c1-12-8-9-14(24-2)15(10-12)26(22,23)21(13-6-4-3-5-7-13)11-16-19-20-17(18)25-16/h8-10,13H,3-7,11H2,1-2H3,(H2,18,20). The summed E-state index contributed by atoms with van der Waals surface area (Å²) < 4.78 is 34.0. The average molecular weight is 397 g/mol. The van der Waals surface area contributed by atoms with Gasteiger partial charge in [0.25, 0.3) is 0 Å². The zero-order chi connectivity index (χ0) is 18.7. The molecule has 1 aliphatic carbocycles. The molecule has 2 aromatic rings. The molecule has 0 bridgehead atoms. The molecule has 0 aliphatic heterocycles. The van der Waals surface area contributed by atoms with Gasteiger partial charge < -0.3 is 10.5 Å². The molecule has 7 nitrogen and oxygen atoms in total. The number of ether oxygens (including phenoxy) is 1. The second kappa shape index (κ2) is 7.89. The van der Waals surface area contributed by atoms with Crippen molar-refractivity contribution in [1.82, 2.24) is 14.5 Å². The lowest BCUT2D eigenvalue weighted by Gasteiger charge is -2.33. The molecule has 1 fully saturated rings. The van der Waals surface area contributed by atoms with Gasteiger partial charge in [-0.15, -0.1) is 10.2 Å². The number of aryl methyl sites for hydroxylation is 1. The van der Waals surface area contributed by atoms with Gasteiger partial charge in [0, 0.05) is 6.04 Å². The number of benzene rings is 1. The maximum Gasteiger partial charge on any atom is 0.247 e. The SMILES string of the molecule is COc1ccc(C)cc1S(=O)(=O)N(Cc1nnc(N)s1)C1CCCCC1. The van der Waals surface area contributed by atoms with Crippen LogP contribution in [-0.4, -0.2) is 36.1 Å². The van der Waals surface area contributed by atoms with Crippen LogP contribution in [0.25, 0.3) is 0 Å². The first-order chi connectivity index (χ1) is 12.4. The summed E-state index contributed by atoms with van der Waals surface area (Å²) in [6.07, 6.45) is 4.90. The second-order valence-corrected chi connectivity index (χ2v) is 9.48. The third-order valence-electron chi connectivity index (χ3n) is 4.66. The largest absolute Gasteiger partial charge is 0.495 e. The van der Waals surface area contributed by atoms with E-state index in [-0.39, 0.29) is 17.5 Å². The first kappa shape index (κ1) is 19.1. The van der Waals surface area contributed by atoms with Crippen LogP contribution in [0.5, 0.6) is 5.75 Å². The average Bonchev–Trinajstić information content (AvgIpc) is 3.05. The highest BCUT2D eigenvalue weighted by molar-refractivity contribution is 7.89. The van der Waals surface area contributed by atoms with E-state index < -0.39 is 10.0 Å². The number of nitrogens with zero attached hydrogens (tertiary/aromatic N) is 3. The molecule has 0 spiro atoms. The number of methoxy groups -OCH3 is 1. The zero-order valence-corrected chi connectivity index (χ0v) is 16.6. The number of anilines is 1. The molecule has 2 N–H and O–H groups in total. The summed E-state index contributed by atoms with van der Waals surface area (Å²) in [6.45, 7) is 2.05. The molecular formula is C17H24N4O3S2. The molecule has 26 heavy (non-hydrogen) atoms. The van der Waals surface area contributed by atoms with Crippen molar-refractivity contribution in [1.29, 1.82) is 0 Å². The first-order valence-corrected chi connectivity index (χ1v) is 10.9. The number of hydrogen-bond acceptors (Lipinski definition) is 7. The normalized spacial score (nSPS) is 16.1. The van der Waals surface area contributed by atoms with Gasteiger partial charge >= 0.3 is 0 Å². The molecular weight excluding hydrogens is 372 g/mol. The van der Waals surface area contributed by atoms with Crippen molar-refractivity contribution in [2.45, 2.75) is 56.5 Å². The van der Waals surface area contributed by atoms with E-state index in [2.05, 4.69) is 10.2 Å². The Bertz CT molecular complexity index is 861. The minimum Gasteiger partial charge on any atom is -0.495 e. The van der Waals surface area contributed by atoms with Crippen molar-refractivity contribution in [3.05, 3.63) is 28.8 Å². The van der Waals surface area contributed by atoms with Crippen LogP contribution < -0.4 is 10.5 Å². The van der Waals surface area contributed by atoms with E-state index >= 15 is 0 Å². The van der Waals surface area contributed by atoms with Gasteiger partial charge in [0.15, 0.2) is 0 Å². The highest BCUT2D eigenvalue weighted by atomic mass is 32.2. The molecule has 1 aliphatic rings. The van der Waals surface area contributed by atoms with E-state index in [4.69, 9.17) is 10.5 Å². The Morgan fingerprint density at radius 2 is 2.00 bits per heavy atom. The van der Waals surface area contributed by atoms with Crippen molar-refractivity contribution in [3.8, 4) is 5.75 Å². The van der Waals surface area contributed by atoms with E-state index in [1.54, 1.807) is 16.4 Å². The van der Waals surface area contributed by atoms with E-state index in [1.165, 1.54) is 18.4 Å². The van der Waals surface area contributed by atoms with Gasteiger partial charge in [0.2, 0.25) is 15.2 Å². The van der Waals surface area contributed by atoms with Crippen LogP contribution in [0, 0.1) is 6.92 Å². The topological polar surface area (TPSA) is 98.4 Å². The van der Waals surface area contributed by atoms with Crippen LogP contribution in [-0.2, 0) is 16.6 Å². The Morgan fingerprint density at radius 1 is 1.27 bits per heavy atom. The van der Waals surface area contributed by atoms with Gasteiger partial charge in [-0.2, -0.15) is 4.31 Å². The summed E-state index contributed by atoms with van der Waals surface area (Å²) in [6, 6.07) is 5.15. The Balaban J connectivity index is 2.02. The maximum absolute atomic E-state index is 13.5. The van der Waals surface area contributed by atoms with Crippen molar-refractivity contribution in [2.75, 3.05) is 12.8 Å². The third kappa shape index (κ3) is 3.99. The monoisotopic (exact) mass is 396 g/mol. The molecule has 0 atom stereocenters. The summed E-state index contributed by atoms with van der Waals surface area (Å²) in [5.41, 5.74) is 6.54. The van der Waals surface area contributed by atoms with Gasteiger partial charge in [-0.25, -0.2) is 8.42 Å². The lowest BCUT2D eigenvalue weighted by Crippen LogP contribution is -2.41. The Kier molecular flexibility index (Phi) is 5.79. The Hall–Kier alpha value is -1.71. The van der Waals surface area contributed by atoms with Crippen LogP contribution in [0.4, 0.5) is 5.13 Å². The molecule has 1 aromatic heterocycles. The molecule has 0 unspecified atom stereocenters. The number of nitrogens with two attached hydrogens (primary N) is 1. The summed E-state index contributed by atoms with van der Waals surface area (Å²) in [4.78, 5) is 0.197. The minimum atomic E-state index is -3.75. The molecule has 0 saturated heterocycles. The van der Waals surface area contributed by atoms with E-state index in [0.29, 0.717) is 15.9 Å². The van der Waals surface area contributed by atoms with E-state index in [1.807, 2.05) is 13.0 Å². The lowest BCUT2D eigenvalue weighted by atomic mass is 9.95. The fraction of sp³-hybridized carbons (Fsp3) is 0.529. The first-order valence-electron chi connectivity index (χ1n) is 8.66. The van der Waals surface area contributed by atoms with Gasteiger partial charge in [0.05, 0.1) is 13.7 Å². The fourth-order valence-electron chi connectivity index (χ4n) is 3.35.